The van der Waals surface area contributed by atoms with E-state index in [1.165, 1.54) is 63.1 Å². The van der Waals surface area contributed by atoms with E-state index in [9.17, 15) is 0 Å². The molecule has 0 aromatic rings. The lowest BCUT2D eigenvalue weighted by molar-refractivity contribution is 0.287. The van der Waals surface area contributed by atoms with Crippen LogP contribution in [-0.2, 0) is 4.43 Å². The first-order chi connectivity index (χ1) is 9.10. The van der Waals surface area contributed by atoms with Gasteiger partial charge in [0.2, 0.25) is 0 Å². The zero-order valence-corrected chi connectivity index (χ0v) is 15.3. The molecule has 0 aromatic heterocycles. The first kappa shape index (κ1) is 19.2. The number of hydrogen-bond donors (Lipinski definition) is 0. The van der Waals surface area contributed by atoms with Crippen LogP contribution in [-0.4, -0.2) is 14.9 Å². The third kappa shape index (κ3) is 9.67. The molecule has 0 amide bonds. The Kier molecular flexibility index (Phi) is 12.1. The molecule has 116 valence electrons. The first-order valence-corrected chi connectivity index (χ1v) is 11.3. The summed E-state index contributed by atoms with van der Waals surface area (Å²) >= 11 is 0. The van der Waals surface area contributed by atoms with Gasteiger partial charge in [-0.05, 0) is 30.5 Å². The molecule has 19 heavy (non-hydrogen) atoms. The topological polar surface area (TPSA) is 9.23 Å². The molecular formula is C17H38OSi. The molecule has 0 aliphatic heterocycles. The zero-order chi connectivity index (χ0) is 14.6. The summed E-state index contributed by atoms with van der Waals surface area (Å²) < 4.78 is 6.28. The highest BCUT2D eigenvalue weighted by atomic mass is 28.4. The van der Waals surface area contributed by atoms with Crippen molar-refractivity contribution in [1.29, 1.82) is 0 Å². The molecule has 0 rings (SSSR count). The third-order valence-corrected chi connectivity index (χ3v) is 9.20. The van der Waals surface area contributed by atoms with E-state index in [2.05, 4.69) is 34.6 Å². The molecule has 0 N–H and O–H groups in total. The normalized spacial score (nSPS) is 12.3. The van der Waals surface area contributed by atoms with Crippen molar-refractivity contribution in [3.8, 4) is 0 Å². The van der Waals surface area contributed by atoms with Gasteiger partial charge in [-0.25, -0.2) is 0 Å². The van der Waals surface area contributed by atoms with E-state index in [0.29, 0.717) is 0 Å². The van der Waals surface area contributed by atoms with Gasteiger partial charge in [-0.2, -0.15) is 0 Å². The molecule has 1 nitrogen and oxygen atoms in total. The number of rotatable bonds is 13. The molecule has 0 aliphatic rings. The maximum absolute atomic E-state index is 6.28. The Labute approximate surface area is 123 Å². The fourth-order valence-corrected chi connectivity index (χ4v) is 5.40. The van der Waals surface area contributed by atoms with Crippen LogP contribution in [0.1, 0.15) is 79.6 Å². The average molecular weight is 287 g/mol. The smallest absolute Gasteiger partial charge is 0.191 e. The van der Waals surface area contributed by atoms with Gasteiger partial charge in [0.15, 0.2) is 8.32 Å². The van der Waals surface area contributed by atoms with E-state index < -0.39 is 8.32 Å². The fourth-order valence-electron chi connectivity index (χ4n) is 2.71. The summed E-state index contributed by atoms with van der Waals surface area (Å²) in [6.07, 6.45) is 9.72. The Morgan fingerprint density at radius 3 is 1.68 bits per heavy atom. The average Bonchev–Trinajstić information content (AvgIpc) is 2.41. The van der Waals surface area contributed by atoms with E-state index >= 15 is 0 Å². The summed E-state index contributed by atoms with van der Waals surface area (Å²) in [5, 5.41) is 0. The lowest BCUT2D eigenvalue weighted by Gasteiger charge is -2.27. The van der Waals surface area contributed by atoms with Crippen LogP contribution >= 0.6 is 0 Å². The Morgan fingerprint density at radius 1 is 0.737 bits per heavy atom. The highest BCUT2D eigenvalue weighted by molar-refractivity contribution is 6.73. The van der Waals surface area contributed by atoms with Crippen LogP contribution in [0, 0.1) is 5.92 Å². The highest BCUT2D eigenvalue weighted by Gasteiger charge is 2.27. The zero-order valence-electron chi connectivity index (χ0n) is 14.3. The van der Waals surface area contributed by atoms with Gasteiger partial charge in [0.05, 0.1) is 0 Å². The van der Waals surface area contributed by atoms with Gasteiger partial charge in [0, 0.05) is 6.61 Å². The molecule has 0 saturated carbocycles. The van der Waals surface area contributed by atoms with Gasteiger partial charge in [-0.3, -0.25) is 0 Å². The number of unbranched alkanes of at least 4 members (excludes halogenated alkanes) is 5. The van der Waals surface area contributed by atoms with Crippen LogP contribution in [0.5, 0.6) is 0 Å². The second-order valence-corrected chi connectivity index (χ2v) is 11.2. The molecule has 0 unspecified atom stereocenters. The van der Waals surface area contributed by atoms with Crippen LogP contribution < -0.4 is 0 Å². The Bertz CT molecular complexity index is 179. The molecule has 0 heterocycles. The molecule has 0 bridgehead atoms. The van der Waals surface area contributed by atoms with Gasteiger partial charge in [0.1, 0.15) is 0 Å². The largest absolute Gasteiger partial charge is 0.417 e. The molecule has 0 fully saturated rings. The second kappa shape index (κ2) is 12.0. The van der Waals surface area contributed by atoms with Crippen LogP contribution in [0.15, 0.2) is 0 Å². The van der Waals surface area contributed by atoms with Crippen molar-refractivity contribution in [2.75, 3.05) is 6.61 Å². The summed E-state index contributed by atoms with van der Waals surface area (Å²) in [6, 6.07) is 3.86. The Morgan fingerprint density at radius 2 is 1.21 bits per heavy atom. The van der Waals surface area contributed by atoms with Crippen LogP contribution in [0.4, 0.5) is 0 Å². The van der Waals surface area contributed by atoms with E-state index in [-0.39, 0.29) is 0 Å². The molecule has 0 saturated heterocycles. The summed E-state index contributed by atoms with van der Waals surface area (Å²) in [7, 11) is -1.31. The molecule has 0 atom stereocenters. The monoisotopic (exact) mass is 286 g/mol. The quantitative estimate of drug-likeness (QED) is 0.281. The predicted octanol–water partition coefficient (Wildman–Crippen LogP) is 6.39. The van der Waals surface area contributed by atoms with Gasteiger partial charge in [0.25, 0.3) is 0 Å². The van der Waals surface area contributed by atoms with E-state index in [1.54, 1.807) is 0 Å². The van der Waals surface area contributed by atoms with Crippen LogP contribution in [0.25, 0.3) is 0 Å². The Hall–Kier alpha value is 0.177. The highest BCUT2D eigenvalue weighted by Crippen LogP contribution is 2.22. The Balaban J connectivity index is 3.40. The lowest BCUT2D eigenvalue weighted by atomic mass is 10.0. The molecule has 0 aliphatic carbocycles. The van der Waals surface area contributed by atoms with Crippen LogP contribution in [0.3, 0.4) is 0 Å². The van der Waals surface area contributed by atoms with E-state index in [1.807, 2.05) is 0 Å². The fraction of sp³-hybridized carbons (Fsp3) is 1.00. The van der Waals surface area contributed by atoms with Gasteiger partial charge < -0.3 is 4.43 Å². The van der Waals surface area contributed by atoms with Crippen molar-refractivity contribution < 1.29 is 4.43 Å². The standard InChI is InChI=1S/C17H38OSi/c1-6-19(7-2,8-3)18-16-14-12-10-9-11-13-15-17(4)5/h17H,6-16H2,1-5H3. The molecular weight excluding hydrogens is 248 g/mol. The minimum Gasteiger partial charge on any atom is -0.417 e. The second-order valence-electron chi connectivity index (χ2n) is 6.40. The van der Waals surface area contributed by atoms with Crippen molar-refractivity contribution in [3.63, 3.8) is 0 Å². The summed E-state index contributed by atoms with van der Waals surface area (Å²) in [4.78, 5) is 0. The van der Waals surface area contributed by atoms with Crippen molar-refractivity contribution in [1.82, 2.24) is 0 Å². The summed E-state index contributed by atoms with van der Waals surface area (Å²) in [6.45, 7) is 12.6. The third-order valence-electron chi connectivity index (χ3n) is 4.52. The minimum absolute atomic E-state index is 0.878. The van der Waals surface area contributed by atoms with Crippen molar-refractivity contribution in [2.45, 2.75) is 97.7 Å². The van der Waals surface area contributed by atoms with Crippen molar-refractivity contribution >= 4 is 8.32 Å². The maximum Gasteiger partial charge on any atom is 0.191 e. The summed E-state index contributed by atoms with van der Waals surface area (Å²) in [5.41, 5.74) is 0. The first-order valence-electron chi connectivity index (χ1n) is 8.74. The van der Waals surface area contributed by atoms with Crippen molar-refractivity contribution in [3.05, 3.63) is 0 Å². The molecule has 2 heteroatoms. The van der Waals surface area contributed by atoms with Crippen LogP contribution in [0.2, 0.25) is 18.1 Å². The minimum atomic E-state index is -1.31. The SMILES string of the molecule is CC[Si](CC)(CC)OCCCCCCCCC(C)C. The molecule has 0 spiro atoms. The van der Waals surface area contributed by atoms with Crippen molar-refractivity contribution in [2.24, 2.45) is 5.92 Å². The molecule has 0 radical (unpaired) electrons. The van der Waals surface area contributed by atoms with Gasteiger partial charge in [-0.1, -0.05) is 73.1 Å². The molecule has 0 aromatic carbocycles. The van der Waals surface area contributed by atoms with E-state index in [4.69, 9.17) is 4.43 Å². The van der Waals surface area contributed by atoms with Gasteiger partial charge in [-0.15, -0.1) is 0 Å². The van der Waals surface area contributed by atoms with E-state index in [0.717, 1.165) is 12.5 Å². The number of hydrogen-bond acceptors (Lipinski definition) is 1. The lowest BCUT2D eigenvalue weighted by Crippen LogP contribution is -2.36. The summed E-state index contributed by atoms with van der Waals surface area (Å²) in [5.74, 6) is 0.878. The predicted molar refractivity (Wildman–Crippen MR) is 90.3 cm³/mol. The maximum atomic E-state index is 6.28. The van der Waals surface area contributed by atoms with Gasteiger partial charge >= 0.3 is 0 Å².